The van der Waals surface area contributed by atoms with Gasteiger partial charge in [-0.05, 0) is 7.05 Å². The molecule has 0 aliphatic carbocycles. The van der Waals surface area contributed by atoms with Crippen LogP contribution in [0.2, 0.25) is 0 Å². The molecule has 0 aliphatic rings. The SMILES string of the molecule is C=C(NC(=O)CNC)C(=O)O. The van der Waals surface area contributed by atoms with Crippen LogP contribution in [0.25, 0.3) is 0 Å². The highest BCUT2D eigenvalue weighted by atomic mass is 16.4. The summed E-state index contributed by atoms with van der Waals surface area (Å²) in [5.74, 6) is -1.64. The Labute approximate surface area is 64.1 Å². The van der Waals surface area contributed by atoms with Gasteiger partial charge in [-0.1, -0.05) is 6.58 Å². The van der Waals surface area contributed by atoms with Gasteiger partial charge in [0.2, 0.25) is 5.91 Å². The molecule has 1 amide bonds. The van der Waals surface area contributed by atoms with Crippen molar-refractivity contribution in [1.82, 2.24) is 10.6 Å². The summed E-state index contributed by atoms with van der Waals surface area (Å²) in [6.45, 7) is 3.19. The maximum atomic E-state index is 10.7. The van der Waals surface area contributed by atoms with Gasteiger partial charge in [0, 0.05) is 0 Å². The molecule has 0 atom stereocenters. The minimum absolute atomic E-state index is 0.0757. The zero-order valence-corrected chi connectivity index (χ0v) is 6.18. The van der Waals surface area contributed by atoms with Crippen LogP contribution in [-0.4, -0.2) is 30.6 Å². The maximum absolute atomic E-state index is 10.7. The molecule has 0 saturated heterocycles. The number of carboxylic acid groups (broad SMARTS) is 1. The summed E-state index contributed by atoms with van der Waals surface area (Å²) in [6.07, 6.45) is 0. The smallest absolute Gasteiger partial charge is 0.351 e. The summed E-state index contributed by atoms with van der Waals surface area (Å²) in [5, 5.41) is 12.9. The summed E-state index contributed by atoms with van der Waals surface area (Å²) in [5.41, 5.74) is -0.315. The molecule has 11 heavy (non-hydrogen) atoms. The Balaban J connectivity index is 3.76. The third-order valence-corrected chi connectivity index (χ3v) is 0.886. The molecule has 0 unspecified atom stereocenters. The number of hydrogen-bond acceptors (Lipinski definition) is 3. The normalized spacial score (nSPS) is 8.82. The minimum atomic E-state index is -1.23. The van der Waals surface area contributed by atoms with Crippen LogP contribution in [0.4, 0.5) is 0 Å². The van der Waals surface area contributed by atoms with Crippen LogP contribution in [0.3, 0.4) is 0 Å². The second kappa shape index (κ2) is 4.45. The van der Waals surface area contributed by atoms with Crippen molar-refractivity contribution >= 4 is 11.9 Å². The fourth-order valence-corrected chi connectivity index (χ4v) is 0.427. The van der Waals surface area contributed by atoms with Crippen molar-refractivity contribution in [3.05, 3.63) is 12.3 Å². The number of hydrogen-bond donors (Lipinski definition) is 3. The number of amides is 1. The first kappa shape index (κ1) is 9.64. The van der Waals surface area contributed by atoms with Gasteiger partial charge in [-0.2, -0.15) is 0 Å². The second-order valence-corrected chi connectivity index (χ2v) is 1.86. The number of aliphatic carboxylic acids is 1. The molecule has 0 rings (SSSR count). The lowest BCUT2D eigenvalue weighted by Gasteiger charge is -2.02. The van der Waals surface area contributed by atoms with Crippen molar-refractivity contribution in [2.24, 2.45) is 0 Å². The zero-order valence-electron chi connectivity index (χ0n) is 6.18. The Morgan fingerprint density at radius 1 is 1.55 bits per heavy atom. The van der Waals surface area contributed by atoms with E-state index in [0.717, 1.165) is 0 Å². The van der Waals surface area contributed by atoms with E-state index in [2.05, 4.69) is 17.2 Å². The van der Waals surface area contributed by atoms with E-state index in [-0.39, 0.29) is 12.2 Å². The van der Waals surface area contributed by atoms with Gasteiger partial charge in [0.25, 0.3) is 0 Å². The van der Waals surface area contributed by atoms with E-state index in [1.165, 1.54) is 0 Å². The molecule has 0 aromatic carbocycles. The number of carbonyl (C=O) groups excluding carboxylic acids is 1. The summed E-state index contributed by atoms with van der Waals surface area (Å²) in [4.78, 5) is 20.8. The van der Waals surface area contributed by atoms with E-state index in [1.54, 1.807) is 7.05 Å². The van der Waals surface area contributed by atoms with Crippen molar-refractivity contribution in [2.75, 3.05) is 13.6 Å². The van der Waals surface area contributed by atoms with Gasteiger partial charge in [0.05, 0.1) is 6.54 Å². The molecular formula is C6H10N2O3. The molecule has 3 N–H and O–H groups in total. The van der Waals surface area contributed by atoms with Gasteiger partial charge in [-0.15, -0.1) is 0 Å². The number of rotatable bonds is 4. The second-order valence-electron chi connectivity index (χ2n) is 1.86. The Morgan fingerprint density at radius 2 is 2.09 bits per heavy atom. The van der Waals surface area contributed by atoms with Crippen molar-refractivity contribution in [1.29, 1.82) is 0 Å². The minimum Gasteiger partial charge on any atom is -0.477 e. The molecular weight excluding hydrogens is 148 g/mol. The lowest BCUT2D eigenvalue weighted by atomic mass is 10.4. The Bertz CT molecular complexity index is 188. The molecule has 0 spiro atoms. The molecule has 62 valence electrons. The van der Waals surface area contributed by atoms with E-state index >= 15 is 0 Å². The fraction of sp³-hybridized carbons (Fsp3) is 0.333. The monoisotopic (exact) mass is 158 g/mol. The van der Waals surface area contributed by atoms with Crippen LogP contribution in [0.5, 0.6) is 0 Å². The van der Waals surface area contributed by atoms with Gasteiger partial charge < -0.3 is 15.7 Å². The first-order valence-corrected chi connectivity index (χ1v) is 2.94. The molecule has 5 heteroatoms. The molecule has 0 bridgehead atoms. The van der Waals surface area contributed by atoms with Crippen LogP contribution in [0.1, 0.15) is 0 Å². The van der Waals surface area contributed by atoms with Crippen LogP contribution < -0.4 is 10.6 Å². The molecule has 0 aromatic heterocycles. The summed E-state index contributed by atoms with van der Waals surface area (Å²) >= 11 is 0. The molecule has 0 aromatic rings. The topological polar surface area (TPSA) is 78.4 Å². The molecule has 0 heterocycles. The summed E-state index contributed by atoms with van der Waals surface area (Å²) < 4.78 is 0. The van der Waals surface area contributed by atoms with Crippen molar-refractivity contribution in [2.45, 2.75) is 0 Å². The Hall–Kier alpha value is -1.36. The predicted molar refractivity (Wildman–Crippen MR) is 38.8 cm³/mol. The summed E-state index contributed by atoms with van der Waals surface area (Å²) in [6, 6.07) is 0. The predicted octanol–water partition coefficient (Wildman–Crippen LogP) is -1.08. The molecule has 0 radical (unpaired) electrons. The quantitative estimate of drug-likeness (QED) is 0.455. The first-order chi connectivity index (χ1) is 5.07. The van der Waals surface area contributed by atoms with E-state index in [4.69, 9.17) is 5.11 Å². The lowest BCUT2D eigenvalue weighted by Crippen LogP contribution is -2.33. The molecule has 0 aliphatic heterocycles. The van der Waals surface area contributed by atoms with Gasteiger partial charge in [-0.25, -0.2) is 4.79 Å². The first-order valence-electron chi connectivity index (χ1n) is 2.94. The third kappa shape index (κ3) is 4.10. The zero-order chi connectivity index (χ0) is 8.85. The fourth-order valence-electron chi connectivity index (χ4n) is 0.427. The number of likely N-dealkylation sites (N-methyl/N-ethyl adjacent to an activating group) is 1. The largest absolute Gasteiger partial charge is 0.477 e. The Kier molecular flexibility index (Phi) is 3.90. The van der Waals surface area contributed by atoms with Crippen LogP contribution in [-0.2, 0) is 9.59 Å². The van der Waals surface area contributed by atoms with Gasteiger partial charge in [-0.3, -0.25) is 4.79 Å². The van der Waals surface area contributed by atoms with Crippen LogP contribution in [0.15, 0.2) is 12.3 Å². The Morgan fingerprint density at radius 3 is 2.45 bits per heavy atom. The molecule has 0 saturated carbocycles. The molecule has 0 fully saturated rings. The number of nitrogens with one attached hydrogen (secondary N) is 2. The average molecular weight is 158 g/mol. The molecule has 5 nitrogen and oxygen atoms in total. The highest BCUT2D eigenvalue weighted by Gasteiger charge is 2.06. The van der Waals surface area contributed by atoms with Gasteiger partial charge in [0.15, 0.2) is 0 Å². The van der Waals surface area contributed by atoms with E-state index in [9.17, 15) is 9.59 Å². The van der Waals surface area contributed by atoms with Gasteiger partial charge >= 0.3 is 5.97 Å². The van der Waals surface area contributed by atoms with Crippen molar-refractivity contribution < 1.29 is 14.7 Å². The number of carbonyl (C=O) groups is 2. The van der Waals surface area contributed by atoms with E-state index < -0.39 is 11.9 Å². The standard InChI is InChI=1S/C6H10N2O3/c1-4(6(10)11)8-5(9)3-7-2/h7H,1,3H2,2H3,(H,8,9)(H,10,11). The van der Waals surface area contributed by atoms with Crippen LogP contribution >= 0.6 is 0 Å². The lowest BCUT2D eigenvalue weighted by molar-refractivity contribution is -0.134. The highest BCUT2D eigenvalue weighted by Crippen LogP contribution is 1.81. The third-order valence-electron chi connectivity index (χ3n) is 0.886. The van der Waals surface area contributed by atoms with E-state index in [1.807, 2.05) is 0 Å². The highest BCUT2D eigenvalue weighted by molar-refractivity contribution is 5.92. The van der Waals surface area contributed by atoms with Crippen molar-refractivity contribution in [3.8, 4) is 0 Å². The van der Waals surface area contributed by atoms with Crippen LogP contribution in [0, 0.1) is 0 Å². The van der Waals surface area contributed by atoms with Gasteiger partial charge in [0.1, 0.15) is 5.70 Å². The maximum Gasteiger partial charge on any atom is 0.351 e. The number of carboxylic acids is 1. The summed E-state index contributed by atoms with van der Waals surface area (Å²) in [7, 11) is 1.59. The van der Waals surface area contributed by atoms with Crippen molar-refractivity contribution in [3.63, 3.8) is 0 Å². The van der Waals surface area contributed by atoms with E-state index in [0.29, 0.717) is 0 Å². The average Bonchev–Trinajstić information content (AvgIpc) is 1.87.